The lowest BCUT2D eigenvalue weighted by molar-refractivity contribution is -0.149. The van der Waals surface area contributed by atoms with Gasteiger partial charge < -0.3 is 19.5 Å². The monoisotopic (exact) mass is 359 g/mol. The Morgan fingerprint density at radius 2 is 1.81 bits per heavy atom. The van der Waals surface area contributed by atoms with Crippen molar-refractivity contribution in [1.82, 2.24) is 9.97 Å². The normalized spacial score (nSPS) is 15.1. The fraction of sp³-hybridized carbons (Fsp3) is 0.444. The molecule has 3 rings (SSSR count). The van der Waals surface area contributed by atoms with Crippen molar-refractivity contribution >= 4 is 28.5 Å². The minimum Gasteiger partial charge on any atom is -0.493 e. The number of methoxy groups -OCH3 is 2. The van der Waals surface area contributed by atoms with E-state index in [0.717, 1.165) is 29.6 Å². The fourth-order valence-corrected chi connectivity index (χ4v) is 3.32. The Kier molecular flexibility index (Phi) is 5.20. The van der Waals surface area contributed by atoms with Gasteiger partial charge in [0.15, 0.2) is 11.5 Å². The Labute approximate surface area is 150 Å². The smallest absolute Gasteiger partial charge is 0.372 e. The van der Waals surface area contributed by atoms with Crippen LogP contribution in [0.4, 0.5) is 5.82 Å². The van der Waals surface area contributed by atoms with Gasteiger partial charge in [0, 0.05) is 31.0 Å². The number of carboxylic acids is 1. The summed E-state index contributed by atoms with van der Waals surface area (Å²) in [6.07, 6.45) is 3.11. The molecule has 0 atom stereocenters. The van der Waals surface area contributed by atoms with E-state index in [1.165, 1.54) is 6.33 Å². The van der Waals surface area contributed by atoms with Crippen molar-refractivity contribution in [3.63, 3.8) is 0 Å². The number of hydrogen-bond acceptors (Lipinski definition) is 7. The van der Waals surface area contributed by atoms with E-state index >= 15 is 0 Å². The van der Waals surface area contributed by atoms with Crippen LogP contribution in [0.2, 0.25) is 0 Å². The third-order valence-corrected chi connectivity index (χ3v) is 4.75. The zero-order chi connectivity index (χ0) is 18.7. The molecule has 2 aromatic rings. The van der Waals surface area contributed by atoms with E-state index in [9.17, 15) is 9.59 Å². The summed E-state index contributed by atoms with van der Waals surface area (Å²) in [5.41, 5.74) is 0.760. The summed E-state index contributed by atoms with van der Waals surface area (Å²) in [5.74, 6) is 0.0492. The van der Waals surface area contributed by atoms with Gasteiger partial charge in [0.05, 0.1) is 19.7 Å². The van der Waals surface area contributed by atoms with Gasteiger partial charge in [-0.25, -0.2) is 14.8 Å². The highest BCUT2D eigenvalue weighted by atomic mass is 16.5. The first-order valence-corrected chi connectivity index (χ1v) is 8.41. The van der Waals surface area contributed by atoms with Crippen LogP contribution in [0.5, 0.6) is 11.5 Å². The zero-order valence-corrected chi connectivity index (χ0v) is 14.8. The second-order valence-electron chi connectivity index (χ2n) is 6.28. The second-order valence-corrected chi connectivity index (χ2v) is 6.28. The fourth-order valence-electron chi connectivity index (χ4n) is 3.32. The van der Waals surface area contributed by atoms with Crippen molar-refractivity contribution in [3.05, 3.63) is 18.5 Å². The molecule has 1 saturated heterocycles. The van der Waals surface area contributed by atoms with Gasteiger partial charge in [0.1, 0.15) is 12.1 Å². The molecule has 1 aromatic carbocycles. The van der Waals surface area contributed by atoms with E-state index in [1.54, 1.807) is 14.2 Å². The van der Waals surface area contributed by atoms with Crippen LogP contribution in [0, 0.1) is 5.92 Å². The molecule has 0 spiro atoms. The minimum atomic E-state index is -1.35. The molecular weight excluding hydrogens is 338 g/mol. The Morgan fingerprint density at radius 1 is 1.15 bits per heavy atom. The van der Waals surface area contributed by atoms with E-state index < -0.39 is 11.8 Å². The van der Waals surface area contributed by atoms with E-state index in [2.05, 4.69) is 14.9 Å². The summed E-state index contributed by atoms with van der Waals surface area (Å²) >= 11 is 0. The zero-order valence-electron chi connectivity index (χ0n) is 14.8. The van der Waals surface area contributed by atoms with Gasteiger partial charge in [-0.05, 0) is 24.8 Å². The van der Waals surface area contributed by atoms with Crippen molar-refractivity contribution in [2.45, 2.75) is 19.3 Å². The molecule has 1 aliphatic rings. The number of fused-ring (bicyclic) bond motifs is 1. The highest BCUT2D eigenvalue weighted by Gasteiger charge is 2.25. The molecular formula is C18H21N3O5. The maximum atomic E-state index is 11.4. The molecule has 26 heavy (non-hydrogen) atoms. The van der Waals surface area contributed by atoms with Crippen LogP contribution in [-0.2, 0) is 9.59 Å². The van der Waals surface area contributed by atoms with E-state index in [-0.39, 0.29) is 12.3 Å². The van der Waals surface area contributed by atoms with Gasteiger partial charge in [-0.1, -0.05) is 0 Å². The van der Waals surface area contributed by atoms with Gasteiger partial charge in [-0.15, -0.1) is 0 Å². The number of ether oxygens (including phenoxy) is 2. The molecule has 1 aliphatic heterocycles. The third-order valence-electron chi connectivity index (χ3n) is 4.75. The summed E-state index contributed by atoms with van der Waals surface area (Å²) < 4.78 is 10.7. The number of carboxylic acid groups (broad SMARTS) is 1. The lowest BCUT2D eigenvalue weighted by Crippen LogP contribution is -2.35. The van der Waals surface area contributed by atoms with E-state index in [4.69, 9.17) is 14.6 Å². The van der Waals surface area contributed by atoms with Gasteiger partial charge in [-0.3, -0.25) is 4.79 Å². The van der Waals surface area contributed by atoms with E-state index in [1.807, 2.05) is 12.1 Å². The Bertz CT molecular complexity index is 831. The first-order chi connectivity index (χ1) is 12.5. The predicted molar refractivity (Wildman–Crippen MR) is 94.8 cm³/mol. The minimum absolute atomic E-state index is 0.0950. The van der Waals surface area contributed by atoms with Crippen LogP contribution in [0.3, 0.4) is 0 Å². The van der Waals surface area contributed by atoms with Crippen LogP contribution >= 0.6 is 0 Å². The van der Waals surface area contributed by atoms with Crippen molar-refractivity contribution in [3.8, 4) is 11.5 Å². The van der Waals surface area contributed by atoms with E-state index in [0.29, 0.717) is 24.6 Å². The summed E-state index contributed by atoms with van der Waals surface area (Å²) in [7, 11) is 3.16. The molecule has 0 aliphatic carbocycles. The molecule has 138 valence electrons. The molecule has 0 saturated carbocycles. The van der Waals surface area contributed by atoms with Crippen molar-refractivity contribution in [1.29, 1.82) is 0 Å². The molecule has 1 aromatic heterocycles. The molecule has 0 bridgehead atoms. The molecule has 8 heteroatoms. The highest BCUT2D eigenvalue weighted by molar-refractivity contribution is 6.32. The molecule has 0 unspecified atom stereocenters. The maximum Gasteiger partial charge on any atom is 0.372 e. The van der Waals surface area contributed by atoms with Crippen molar-refractivity contribution < 1.29 is 24.2 Å². The third kappa shape index (κ3) is 3.54. The van der Waals surface area contributed by atoms with Crippen LogP contribution in [-0.4, -0.2) is 54.1 Å². The van der Waals surface area contributed by atoms with Crippen LogP contribution < -0.4 is 14.4 Å². The van der Waals surface area contributed by atoms with Gasteiger partial charge in [0.25, 0.3) is 0 Å². The Morgan fingerprint density at radius 3 is 2.42 bits per heavy atom. The predicted octanol–water partition coefficient (Wildman–Crippen LogP) is 1.91. The number of piperidine rings is 1. The largest absolute Gasteiger partial charge is 0.493 e. The van der Waals surface area contributed by atoms with Gasteiger partial charge in [0.2, 0.25) is 5.78 Å². The Balaban J connectivity index is 1.81. The number of ketones is 1. The van der Waals surface area contributed by atoms with Crippen LogP contribution in [0.1, 0.15) is 19.3 Å². The van der Waals surface area contributed by atoms with Gasteiger partial charge in [-0.2, -0.15) is 0 Å². The standard InChI is InChI=1S/C18H21N3O5/c1-25-15-8-12-13(9-16(15)26-2)19-10-20-17(12)21-5-3-11(4-6-21)7-14(22)18(23)24/h8-11H,3-7H2,1-2H3,(H,23,24). The SMILES string of the molecule is COc1cc2ncnc(N3CCC(CC(=O)C(=O)O)CC3)c2cc1OC. The molecule has 1 N–H and O–H groups in total. The number of anilines is 1. The lowest BCUT2D eigenvalue weighted by atomic mass is 9.91. The number of aliphatic carboxylic acids is 1. The van der Waals surface area contributed by atoms with Crippen LogP contribution in [0.15, 0.2) is 18.5 Å². The molecule has 2 heterocycles. The summed E-state index contributed by atoms with van der Waals surface area (Å²) in [6.45, 7) is 1.41. The van der Waals surface area contributed by atoms with Crippen molar-refractivity contribution in [2.24, 2.45) is 5.92 Å². The number of carbonyl (C=O) groups is 2. The highest BCUT2D eigenvalue weighted by Crippen LogP contribution is 2.35. The molecule has 0 amide bonds. The first kappa shape index (κ1) is 17.9. The Hall–Kier alpha value is -2.90. The average molecular weight is 359 g/mol. The first-order valence-electron chi connectivity index (χ1n) is 8.41. The number of Topliss-reactive ketones (excluding diaryl/α,β-unsaturated/α-hetero) is 1. The summed E-state index contributed by atoms with van der Waals surface area (Å²) in [6, 6.07) is 3.68. The van der Waals surface area contributed by atoms with Gasteiger partial charge >= 0.3 is 5.97 Å². The number of rotatable bonds is 6. The topological polar surface area (TPSA) is 102 Å². The number of aromatic nitrogens is 2. The number of benzene rings is 1. The summed E-state index contributed by atoms with van der Waals surface area (Å²) in [4.78, 5) is 33.0. The number of carbonyl (C=O) groups excluding carboxylic acids is 1. The number of hydrogen-bond donors (Lipinski definition) is 1. The second kappa shape index (κ2) is 7.55. The van der Waals surface area contributed by atoms with Crippen LogP contribution in [0.25, 0.3) is 10.9 Å². The average Bonchev–Trinajstić information content (AvgIpc) is 2.66. The summed E-state index contributed by atoms with van der Waals surface area (Å²) in [5, 5.41) is 9.62. The number of nitrogens with zero attached hydrogens (tertiary/aromatic N) is 3. The molecule has 8 nitrogen and oxygen atoms in total. The quantitative estimate of drug-likeness (QED) is 0.781. The molecule has 1 fully saturated rings. The molecule has 0 radical (unpaired) electrons. The van der Waals surface area contributed by atoms with Crippen molar-refractivity contribution in [2.75, 3.05) is 32.2 Å². The lowest BCUT2D eigenvalue weighted by Gasteiger charge is -2.33. The maximum absolute atomic E-state index is 11.4.